The maximum absolute atomic E-state index is 5.56. The predicted octanol–water partition coefficient (Wildman–Crippen LogP) is 2.54. The van der Waals surface area contributed by atoms with E-state index in [1.807, 2.05) is 0 Å². The molecule has 0 radical (unpaired) electrons. The SMILES string of the molecule is COc1ccc2c(c1C1CCCCN1)COC2. The van der Waals surface area contributed by atoms with Gasteiger partial charge in [0.15, 0.2) is 0 Å². The van der Waals surface area contributed by atoms with Gasteiger partial charge in [-0.05, 0) is 36.6 Å². The number of nitrogens with one attached hydrogen (secondary N) is 1. The summed E-state index contributed by atoms with van der Waals surface area (Å²) < 4.78 is 11.1. The van der Waals surface area contributed by atoms with Crippen LogP contribution in [0.5, 0.6) is 5.75 Å². The molecule has 0 bridgehead atoms. The van der Waals surface area contributed by atoms with Crippen molar-refractivity contribution in [1.29, 1.82) is 0 Å². The molecule has 2 aliphatic heterocycles. The van der Waals surface area contributed by atoms with Crippen LogP contribution in [0, 0.1) is 0 Å². The molecule has 1 fully saturated rings. The second kappa shape index (κ2) is 4.67. The quantitative estimate of drug-likeness (QED) is 0.851. The molecule has 0 aliphatic carbocycles. The van der Waals surface area contributed by atoms with Gasteiger partial charge >= 0.3 is 0 Å². The van der Waals surface area contributed by atoms with Gasteiger partial charge in [0.1, 0.15) is 5.75 Å². The Hall–Kier alpha value is -1.06. The molecule has 2 aliphatic rings. The van der Waals surface area contributed by atoms with Crippen molar-refractivity contribution < 1.29 is 9.47 Å². The molecule has 92 valence electrons. The predicted molar refractivity (Wildman–Crippen MR) is 66.1 cm³/mol. The zero-order valence-corrected chi connectivity index (χ0v) is 10.3. The first-order chi connectivity index (χ1) is 8.40. The van der Waals surface area contributed by atoms with Crippen LogP contribution in [0.4, 0.5) is 0 Å². The normalized spacial score (nSPS) is 23.5. The minimum atomic E-state index is 0.440. The zero-order valence-electron chi connectivity index (χ0n) is 10.3. The average molecular weight is 233 g/mol. The summed E-state index contributed by atoms with van der Waals surface area (Å²) in [7, 11) is 1.75. The number of hydrogen-bond acceptors (Lipinski definition) is 3. The van der Waals surface area contributed by atoms with E-state index in [-0.39, 0.29) is 0 Å². The highest BCUT2D eigenvalue weighted by atomic mass is 16.5. The van der Waals surface area contributed by atoms with Gasteiger partial charge in [0.25, 0.3) is 0 Å². The molecule has 1 atom stereocenters. The third-order valence-corrected chi connectivity index (χ3v) is 3.80. The van der Waals surface area contributed by atoms with E-state index in [2.05, 4.69) is 17.4 Å². The van der Waals surface area contributed by atoms with Gasteiger partial charge < -0.3 is 14.8 Å². The van der Waals surface area contributed by atoms with Crippen molar-refractivity contribution in [1.82, 2.24) is 5.32 Å². The Kier molecular flexibility index (Phi) is 3.04. The van der Waals surface area contributed by atoms with Crippen molar-refractivity contribution in [3.05, 3.63) is 28.8 Å². The van der Waals surface area contributed by atoms with Crippen LogP contribution in [0.25, 0.3) is 0 Å². The molecule has 0 saturated carbocycles. The average Bonchev–Trinajstić information content (AvgIpc) is 2.86. The molecule has 0 aromatic heterocycles. The van der Waals surface area contributed by atoms with Gasteiger partial charge in [-0.3, -0.25) is 0 Å². The van der Waals surface area contributed by atoms with E-state index >= 15 is 0 Å². The Bertz CT molecular complexity index is 411. The Morgan fingerprint density at radius 2 is 2.24 bits per heavy atom. The Morgan fingerprint density at radius 3 is 3.00 bits per heavy atom. The number of ether oxygens (including phenoxy) is 2. The van der Waals surface area contributed by atoms with E-state index in [9.17, 15) is 0 Å². The van der Waals surface area contributed by atoms with Crippen LogP contribution in [0.2, 0.25) is 0 Å². The van der Waals surface area contributed by atoms with E-state index in [1.54, 1.807) is 7.11 Å². The van der Waals surface area contributed by atoms with Gasteiger partial charge in [-0.2, -0.15) is 0 Å². The molecule has 3 heteroatoms. The Morgan fingerprint density at radius 1 is 1.29 bits per heavy atom. The fourth-order valence-electron chi connectivity index (χ4n) is 2.92. The summed E-state index contributed by atoms with van der Waals surface area (Å²) in [6.45, 7) is 2.59. The minimum absolute atomic E-state index is 0.440. The van der Waals surface area contributed by atoms with Crippen LogP contribution < -0.4 is 10.1 Å². The third kappa shape index (κ3) is 1.94. The molecule has 1 saturated heterocycles. The van der Waals surface area contributed by atoms with Crippen LogP contribution in [0.3, 0.4) is 0 Å². The number of methoxy groups -OCH3 is 1. The molecule has 17 heavy (non-hydrogen) atoms. The highest BCUT2D eigenvalue weighted by Gasteiger charge is 2.26. The highest BCUT2D eigenvalue weighted by Crippen LogP contribution is 2.37. The van der Waals surface area contributed by atoms with Crippen molar-refractivity contribution in [3.8, 4) is 5.75 Å². The van der Waals surface area contributed by atoms with Gasteiger partial charge in [0.05, 0.1) is 20.3 Å². The van der Waals surface area contributed by atoms with Gasteiger partial charge in [0.2, 0.25) is 0 Å². The summed E-state index contributed by atoms with van der Waals surface area (Å²) in [5.41, 5.74) is 4.01. The Balaban J connectivity index is 2.02. The summed E-state index contributed by atoms with van der Waals surface area (Å²) in [4.78, 5) is 0. The second-order valence-corrected chi connectivity index (χ2v) is 4.81. The van der Waals surface area contributed by atoms with Crippen molar-refractivity contribution in [2.24, 2.45) is 0 Å². The lowest BCUT2D eigenvalue weighted by molar-refractivity contribution is 0.134. The van der Waals surface area contributed by atoms with Gasteiger partial charge in [-0.25, -0.2) is 0 Å². The summed E-state index contributed by atoms with van der Waals surface area (Å²) >= 11 is 0. The number of hydrogen-bond donors (Lipinski definition) is 1. The van der Waals surface area contributed by atoms with Crippen molar-refractivity contribution >= 4 is 0 Å². The van der Waals surface area contributed by atoms with Crippen LogP contribution in [0.15, 0.2) is 12.1 Å². The van der Waals surface area contributed by atoms with E-state index in [4.69, 9.17) is 9.47 Å². The first-order valence-corrected chi connectivity index (χ1v) is 6.40. The maximum Gasteiger partial charge on any atom is 0.124 e. The highest BCUT2D eigenvalue weighted by molar-refractivity contribution is 5.48. The topological polar surface area (TPSA) is 30.5 Å². The van der Waals surface area contributed by atoms with Crippen molar-refractivity contribution in [2.75, 3.05) is 13.7 Å². The lowest BCUT2D eigenvalue weighted by Crippen LogP contribution is -2.28. The number of piperidine rings is 1. The minimum Gasteiger partial charge on any atom is -0.496 e. The number of benzene rings is 1. The number of fused-ring (bicyclic) bond motifs is 1. The van der Waals surface area contributed by atoms with Gasteiger partial charge in [-0.15, -0.1) is 0 Å². The molecule has 3 rings (SSSR count). The summed E-state index contributed by atoms with van der Waals surface area (Å²) in [6.07, 6.45) is 3.78. The molecule has 0 spiro atoms. The zero-order chi connectivity index (χ0) is 11.7. The first kappa shape index (κ1) is 11.1. The summed E-state index contributed by atoms with van der Waals surface area (Å²) in [5.74, 6) is 1.01. The summed E-state index contributed by atoms with van der Waals surface area (Å²) in [5, 5.41) is 3.60. The molecule has 0 amide bonds. The maximum atomic E-state index is 5.56. The lowest BCUT2D eigenvalue weighted by atomic mass is 9.91. The second-order valence-electron chi connectivity index (χ2n) is 4.81. The van der Waals surface area contributed by atoms with E-state index < -0.39 is 0 Å². The molecule has 2 heterocycles. The lowest BCUT2D eigenvalue weighted by Gasteiger charge is -2.27. The van der Waals surface area contributed by atoms with Crippen LogP contribution in [-0.2, 0) is 18.0 Å². The molecule has 3 nitrogen and oxygen atoms in total. The Labute approximate surface area is 102 Å². The van der Waals surface area contributed by atoms with Crippen LogP contribution in [-0.4, -0.2) is 13.7 Å². The van der Waals surface area contributed by atoms with E-state index in [1.165, 1.54) is 36.0 Å². The molecular weight excluding hydrogens is 214 g/mol. The molecule has 1 unspecified atom stereocenters. The molecule has 1 aromatic carbocycles. The monoisotopic (exact) mass is 233 g/mol. The molecular formula is C14H19NO2. The smallest absolute Gasteiger partial charge is 0.124 e. The third-order valence-electron chi connectivity index (χ3n) is 3.80. The van der Waals surface area contributed by atoms with Gasteiger partial charge in [0, 0.05) is 11.6 Å². The number of rotatable bonds is 2. The van der Waals surface area contributed by atoms with Crippen molar-refractivity contribution in [3.63, 3.8) is 0 Å². The largest absolute Gasteiger partial charge is 0.496 e. The van der Waals surface area contributed by atoms with Crippen LogP contribution in [0.1, 0.15) is 42.0 Å². The molecule has 1 aromatic rings. The van der Waals surface area contributed by atoms with Crippen LogP contribution >= 0.6 is 0 Å². The van der Waals surface area contributed by atoms with E-state index in [0.29, 0.717) is 6.04 Å². The standard InChI is InChI=1S/C14H19NO2/c1-16-13-6-5-10-8-17-9-11(10)14(13)12-4-2-3-7-15-12/h5-6,12,15H,2-4,7-9H2,1H3. The molecule has 1 N–H and O–H groups in total. The fraction of sp³-hybridized carbons (Fsp3) is 0.571. The van der Waals surface area contributed by atoms with E-state index in [0.717, 1.165) is 25.5 Å². The summed E-state index contributed by atoms with van der Waals surface area (Å²) in [6, 6.07) is 4.66. The van der Waals surface area contributed by atoms with Gasteiger partial charge in [-0.1, -0.05) is 12.5 Å². The fourth-order valence-corrected chi connectivity index (χ4v) is 2.92. The van der Waals surface area contributed by atoms with Crippen molar-refractivity contribution in [2.45, 2.75) is 38.5 Å². The first-order valence-electron chi connectivity index (χ1n) is 6.40.